The number of nitrogens with zero attached hydrogens (tertiary/aromatic N) is 1. The Morgan fingerprint density at radius 1 is 1.08 bits per heavy atom. The zero-order valence-electron chi connectivity index (χ0n) is 13.9. The molecule has 3 nitrogen and oxygen atoms in total. The van der Waals surface area contributed by atoms with Crippen molar-refractivity contribution >= 4 is 11.6 Å². The van der Waals surface area contributed by atoms with Gasteiger partial charge in [0.25, 0.3) is 0 Å². The number of alkyl halides is 3. The lowest BCUT2D eigenvalue weighted by atomic mass is 10.1. The summed E-state index contributed by atoms with van der Waals surface area (Å²) < 4.78 is 37.4. The Kier molecular flexibility index (Phi) is 5.71. The predicted molar refractivity (Wildman–Crippen MR) is 94.4 cm³/mol. The van der Waals surface area contributed by atoms with Crippen LogP contribution in [-0.4, -0.2) is 12.5 Å². The molecule has 0 radical (unpaired) electrons. The second-order valence-electron chi connectivity index (χ2n) is 5.58. The fourth-order valence-corrected chi connectivity index (χ4v) is 2.24. The number of anilines is 1. The summed E-state index contributed by atoms with van der Waals surface area (Å²) in [6.45, 7) is 4.12. The summed E-state index contributed by atoms with van der Waals surface area (Å²) in [7, 11) is 0. The van der Waals surface area contributed by atoms with Crippen molar-refractivity contribution in [3.8, 4) is 11.8 Å². The van der Waals surface area contributed by atoms with Crippen molar-refractivity contribution < 1.29 is 13.2 Å². The average molecular weight is 345 g/mol. The molecule has 0 aliphatic carbocycles. The van der Waals surface area contributed by atoms with Crippen LogP contribution in [0.15, 0.2) is 47.5 Å². The lowest BCUT2D eigenvalue weighted by molar-refractivity contribution is -0.137. The van der Waals surface area contributed by atoms with E-state index in [9.17, 15) is 13.2 Å². The molecule has 130 valence electrons. The van der Waals surface area contributed by atoms with Crippen molar-refractivity contribution in [2.45, 2.75) is 20.0 Å². The molecule has 0 saturated carbocycles. The Hall–Kier alpha value is -2.94. The van der Waals surface area contributed by atoms with E-state index in [0.29, 0.717) is 5.56 Å². The topological polar surface area (TPSA) is 50.4 Å². The van der Waals surface area contributed by atoms with Gasteiger partial charge in [0, 0.05) is 11.3 Å². The van der Waals surface area contributed by atoms with Crippen molar-refractivity contribution in [2.75, 3.05) is 11.9 Å². The zero-order valence-corrected chi connectivity index (χ0v) is 13.9. The highest BCUT2D eigenvalue weighted by molar-refractivity contribution is 5.92. The van der Waals surface area contributed by atoms with Crippen LogP contribution < -0.4 is 11.1 Å². The zero-order chi connectivity index (χ0) is 18.4. The van der Waals surface area contributed by atoms with Crippen LogP contribution in [0.2, 0.25) is 0 Å². The highest BCUT2D eigenvalue weighted by Crippen LogP contribution is 2.28. The highest BCUT2D eigenvalue weighted by atomic mass is 19.4. The minimum Gasteiger partial charge on any atom is -0.370 e. The molecule has 0 bridgehead atoms. The third-order valence-corrected chi connectivity index (χ3v) is 3.27. The van der Waals surface area contributed by atoms with Crippen molar-refractivity contribution in [3.63, 3.8) is 0 Å². The molecule has 0 amide bonds. The molecule has 0 unspecified atom stereocenters. The Morgan fingerprint density at radius 3 is 2.24 bits per heavy atom. The molecule has 2 rings (SSSR count). The summed E-state index contributed by atoms with van der Waals surface area (Å²) in [6.07, 6.45) is -4.34. The van der Waals surface area contributed by atoms with Gasteiger partial charge in [0.05, 0.1) is 5.56 Å². The molecule has 6 heteroatoms. The Bertz CT molecular complexity index is 805. The number of hydrogen-bond acceptors (Lipinski definition) is 1. The van der Waals surface area contributed by atoms with E-state index in [4.69, 9.17) is 5.73 Å². The van der Waals surface area contributed by atoms with E-state index < -0.39 is 11.7 Å². The smallest absolute Gasteiger partial charge is 0.370 e. The second-order valence-corrected chi connectivity index (χ2v) is 5.58. The molecule has 0 saturated heterocycles. The largest absolute Gasteiger partial charge is 0.416 e. The number of benzene rings is 2. The molecule has 0 heterocycles. The molecule has 0 atom stereocenters. The summed E-state index contributed by atoms with van der Waals surface area (Å²) in [5.74, 6) is 5.74. The maximum Gasteiger partial charge on any atom is 0.416 e. The van der Waals surface area contributed by atoms with Gasteiger partial charge in [-0.05, 0) is 61.4 Å². The fraction of sp³-hybridized carbons (Fsp3) is 0.211. The minimum atomic E-state index is -4.34. The normalized spacial score (nSPS) is 11.6. The molecule has 0 fully saturated rings. The quantitative estimate of drug-likeness (QED) is 0.489. The third kappa shape index (κ3) is 5.88. The van der Waals surface area contributed by atoms with Crippen molar-refractivity contribution in [1.29, 1.82) is 0 Å². The van der Waals surface area contributed by atoms with Crippen molar-refractivity contribution in [3.05, 3.63) is 64.7 Å². The van der Waals surface area contributed by atoms with Crippen LogP contribution in [0.5, 0.6) is 0 Å². The monoisotopic (exact) mass is 345 g/mol. The van der Waals surface area contributed by atoms with Crippen LogP contribution in [0.1, 0.15) is 22.3 Å². The first-order valence-electron chi connectivity index (χ1n) is 7.55. The number of hydrogen-bond donors (Lipinski definition) is 2. The van der Waals surface area contributed by atoms with Crippen LogP contribution in [0.25, 0.3) is 0 Å². The van der Waals surface area contributed by atoms with Crippen molar-refractivity contribution in [2.24, 2.45) is 10.7 Å². The maximum absolute atomic E-state index is 12.5. The van der Waals surface area contributed by atoms with Crippen LogP contribution in [0.3, 0.4) is 0 Å². The SMILES string of the molecule is Cc1cc(C)cc(NC(N)=NCC#Cc2ccc(C(F)(F)F)cc2)c1. The first kappa shape index (κ1) is 18.4. The summed E-state index contributed by atoms with van der Waals surface area (Å²) in [4.78, 5) is 4.08. The number of nitrogens with two attached hydrogens (primary N) is 1. The summed E-state index contributed by atoms with van der Waals surface area (Å²) in [5, 5.41) is 2.98. The molecule has 25 heavy (non-hydrogen) atoms. The number of halogens is 3. The van der Waals surface area contributed by atoms with Gasteiger partial charge in [-0.3, -0.25) is 0 Å². The number of nitrogens with one attached hydrogen (secondary N) is 1. The van der Waals surface area contributed by atoms with E-state index in [1.165, 1.54) is 12.1 Å². The van der Waals surface area contributed by atoms with Gasteiger partial charge < -0.3 is 11.1 Å². The number of aryl methyl sites for hydroxylation is 2. The average Bonchev–Trinajstić information content (AvgIpc) is 2.50. The molecule has 0 spiro atoms. The lowest BCUT2D eigenvalue weighted by Gasteiger charge is -2.07. The van der Waals surface area contributed by atoms with Crippen LogP contribution in [0.4, 0.5) is 18.9 Å². The molecule has 2 aromatic rings. The van der Waals surface area contributed by atoms with E-state index >= 15 is 0 Å². The molecule has 0 aliphatic rings. The first-order chi connectivity index (χ1) is 11.7. The number of guanidine groups is 1. The molecule has 2 aromatic carbocycles. The van der Waals surface area contributed by atoms with Gasteiger partial charge in [0.15, 0.2) is 5.96 Å². The van der Waals surface area contributed by atoms with E-state index in [1.807, 2.05) is 32.0 Å². The summed E-state index contributed by atoms with van der Waals surface area (Å²) in [5.41, 5.74) is 8.65. The molecular formula is C19H18F3N3. The molecule has 3 N–H and O–H groups in total. The van der Waals surface area contributed by atoms with E-state index in [-0.39, 0.29) is 12.5 Å². The van der Waals surface area contributed by atoms with Gasteiger partial charge in [0.1, 0.15) is 6.54 Å². The Balaban J connectivity index is 1.95. The molecule has 0 aromatic heterocycles. The molecular weight excluding hydrogens is 327 g/mol. The van der Waals surface area contributed by atoms with Crippen LogP contribution >= 0.6 is 0 Å². The lowest BCUT2D eigenvalue weighted by Crippen LogP contribution is -2.22. The third-order valence-electron chi connectivity index (χ3n) is 3.27. The van der Waals surface area contributed by atoms with Crippen molar-refractivity contribution in [1.82, 2.24) is 0 Å². The van der Waals surface area contributed by atoms with Gasteiger partial charge in [0.2, 0.25) is 0 Å². The van der Waals surface area contributed by atoms with Gasteiger partial charge in [-0.15, -0.1) is 0 Å². The van der Waals surface area contributed by atoms with Crippen LogP contribution in [-0.2, 0) is 6.18 Å². The van der Waals surface area contributed by atoms with Crippen LogP contribution in [0, 0.1) is 25.7 Å². The van der Waals surface area contributed by atoms with E-state index in [1.54, 1.807) is 0 Å². The number of rotatable bonds is 2. The number of aliphatic imine (C=N–C) groups is 1. The van der Waals surface area contributed by atoms with Gasteiger partial charge in [-0.25, -0.2) is 4.99 Å². The minimum absolute atomic E-state index is 0.144. The second kappa shape index (κ2) is 7.75. The maximum atomic E-state index is 12.5. The van der Waals surface area contributed by atoms with E-state index in [2.05, 4.69) is 22.2 Å². The van der Waals surface area contributed by atoms with Gasteiger partial charge >= 0.3 is 6.18 Å². The Labute approximate surface area is 144 Å². The summed E-state index contributed by atoms with van der Waals surface area (Å²) >= 11 is 0. The predicted octanol–water partition coefficient (Wildman–Crippen LogP) is 4.10. The van der Waals surface area contributed by atoms with E-state index in [0.717, 1.165) is 28.9 Å². The fourth-order valence-electron chi connectivity index (χ4n) is 2.24. The molecule has 0 aliphatic heterocycles. The Morgan fingerprint density at radius 2 is 1.68 bits per heavy atom. The van der Waals surface area contributed by atoms with Gasteiger partial charge in [-0.1, -0.05) is 17.9 Å². The first-order valence-corrected chi connectivity index (χ1v) is 7.55. The highest BCUT2D eigenvalue weighted by Gasteiger charge is 2.29. The standard InChI is InChI=1S/C19H18F3N3/c1-13-10-14(2)12-17(11-13)25-18(23)24-9-3-4-15-5-7-16(8-6-15)19(20,21)22/h5-8,10-12H,9H2,1-2H3,(H3,23,24,25). The van der Waals surface area contributed by atoms with Gasteiger partial charge in [-0.2, -0.15) is 13.2 Å². The summed E-state index contributed by atoms with van der Waals surface area (Å²) in [6, 6.07) is 10.6.